The van der Waals surface area contributed by atoms with Crippen LogP contribution in [-0.2, 0) is 42.6 Å². The third-order valence-corrected chi connectivity index (χ3v) is 13.5. The lowest BCUT2D eigenvalue weighted by molar-refractivity contribution is -0.380. The lowest BCUT2D eigenvalue weighted by Gasteiger charge is -2.55. The van der Waals surface area contributed by atoms with Crippen LogP contribution in [0.5, 0.6) is 0 Å². The minimum absolute atomic E-state index is 0.000740. The summed E-state index contributed by atoms with van der Waals surface area (Å²) in [7, 11) is 0. The molecule has 1 unspecified atom stereocenters. The molecule has 82 heavy (non-hydrogen) atoms. The van der Waals surface area contributed by atoms with Crippen LogP contribution < -0.4 is 0 Å². The molecule has 0 aliphatic carbocycles. The summed E-state index contributed by atoms with van der Waals surface area (Å²) in [4.78, 5) is 102. The van der Waals surface area contributed by atoms with Gasteiger partial charge in [-0.3, -0.25) is 9.59 Å². The van der Waals surface area contributed by atoms with Crippen molar-refractivity contribution in [3.05, 3.63) is 264 Å². The smallest absolute Gasteiger partial charge is 0.338 e. The molecule has 0 aromatic heterocycles. The van der Waals surface area contributed by atoms with Gasteiger partial charge in [0.15, 0.2) is 36.5 Å². The molecule has 18 nitrogen and oxygen atoms in total. The van der Waals surface area contributed by atoms with E-state index in [-0.39, 0.29) is 38.9 Å². The Morgan fingerprint density at radius 2 is 0.744 bits per heavy atom. The molecule has 2 aliphatic rings. The second kappa shape index (κ2) is 26.3. The van der Waals surface area contributed by atoms with Crippen LogP contribution >= 0.6 is 0 Å². The van der Waals surface area contributed by atoms with E-state index < -0.39 is 122 Å². The molecular formula is C64H54O18. The topological polar surface area (TPSA) is 243 Å². The Hall–Kier alpha value is -9.27. The zero-order valence-electron chi connectivity index (χ0n) is 43.7. The van der Waals surface area contributed by atoms with Crippen molar-refractivity contribution in [2.75, 3.05) is 19.8 Å². The highest BCUT2D eigenvalue weighted by atomic mass is 16.8. The van der Waals surface area contributed by atoms with Crippen LogP contribution in [0.3, 0.4) is 0 Å². The lowest BCUT2D eigenvalue weighted by Crippen LogP contribution is -2.81. The van der Waals surface area contributed by atoms with Gasteiger partial charge in [0, 0.05) is 11.1 Å². The molecule has 2 fully saturated rings. The highest BCUT2D eigenvalue weighted by molar-refractivity contribution is 6.13. The molecular weight excluding hydrogens is 1060 g/mol. The molecule has 9 rings (SSSR count). The van der Waals surface area contributed by atoms with Crippen molar-refractivity contribution in [1.29, 1.82) is 0 Å². The van der Waals surface area contributed by atoms with Gasteiger partial charge >= 0.3 is 29.8 Å². The van der Waals surface area contributed by atoms with Crippen LogP contribution in [0.2, 0.25) is 0 Å². The number of esters is 5. The third-order valence-electron chi connectivity index (χ3n) is 13.5. The van der Waals surface area contributed by atoms with Crippen molar-refractivity contribution in [2.45, 2.75) is 60.4 Å². The number of ether oxygens (including phenoxy) is 9. The molecule has 0 spiro atoms. The molecule has 18 heteroatoms. The van der Waals surface area contributed by atoms with Crippen molar-refractivity contribution < 1.29 is 86.4 Å². The van der Waals surface area contributed by atoms with Gasteiger partial charge in [-0.2, -0.15) is 0 Å². The summed E-state index contributed by atoms with van der Waals surface area (Å²) in [6, 6.07) is 52.2. The number of Topliss-reactive ketones (excluding diaryl/α,β-unsaturated/α-hetero) is 2. The van der Waals surface area contributed by atoms with Gasteiger partial charge < -0.3 is 52.8 Å². The van der Waals surface area contributed by atoms with E-state index >= 15 is 9.59 Å². The zero-order valence-corrected chi connectivity index (χ0v) is 43.7. The summed E-state index contributed by atoms with van der Waals surface area (Å²) in [6.07, 6.45) is -15.7. The average Bonchev–Trinajstić information content (AvgIpc) is 2.70. The van der Waals surface area contributed by atoms with Crippen LogP contribution in [-0.4, -0.2) is 132 Å². The Labute approximate surface area is 470 Å². The number of aliphatic hydroxyl groups is 2. The van der Waals surface area contributed by atoms with Crippen LogP contribution in [0, 0.1) is 0 Å². The summed E-state index contributed by atoms with van der Waals surface area (Å²) in [5.41, 5.74) is -7.72. The summed E-state index contributed by atoms with van der Waals surface area (Å²) < 4.78 is 56.3. The molecule has 7 aromatic rings. The van der Waals surface area contributed by atoms with Crippen LogP contribution in [0.15, 0.2) is 225 Å². The van der Waals surface area contributed by atoms with Gasteiger partial charge in [0.1, 0.15) is 31.5 Å². The van der Waals surface area contributed by atoms with E-state index in [0.29, 0.717) is 0 Å². The van der Waals surface area contributed by atoms with Crippen molar-refractivity contribution in [1.82, 2.24) is 0 Å². The quantitative estimate of drug-likeness (QED) is 0.0304. The maximum absolute atomic E-state index is 15.8. The molecule has 0 saturated carbocycles. The molecule has 0 amide bonds. The van der Waals surface area contributed by atoms with Gasteiger partial charge in [-0.05, 0) is 60.7 Å². The van der Waals surface area contributed by atoms with E-state index in [1.165, 1.54) is 127 Å². The second-order valence-corrected chi connectivity index (χ2v) is 18.8. The summed E-state index contributed by atoms with van der Waals surface area (Å²) in [5, 5.41) is 27.5. The second-order valence-electron chi connectivity index (χ2n) is 18.8. The van der Waals surface area contributed by atoms with E-state index in [9.17, 15) is 34.2 Å². The number of ketones is 2. The van der Waals surface area contributed by atoms with E-state index in [0.717, 1.165) is 0 Å². The standard InChI is InChI=1S/C64H54O18/c1-2-38-74-62-64(73,54(66)42-26-12-4-13-27-42)63(72,53(65)41-24-10-3-11-25-41)55(49(78-62)40-76-57(68)44-30-16-6-17-31-44)82-61-52(81-60(71)47-36-22-9-23-37-47)51(80-59(70)46-34-20-8-21-35-46)50(79-58(69)45-32-18-7-19-33-45)48(77-61)39-75-56(67)43-28-14-5-15-29-43/h2-37,48-52,55,61-62,72-73H,1,38-40H2/t48-,49-,50-,51+,52-,55-,61+,62?,63+,64+/m1/s1. The third kappa shape index (κ3) is 12.5. The lowest BCUT2D eigenvalue weighted by atomic mass is 9.66. The maximum Gasteiger partial charge on any atom is 0.338 e. The first-order valence-corrected chi connectivity index (χ1v) is 25.9. The highest BCUT2D eigenvalue weighted by Gasteiger charge is 2.74. The number of hydrogen-bond donors (Lipinski definition) is 2. The van der Waals surface area contributed by atoms with Crippen molar-refractivity contribution >= 4 is 41.4 Å². The molecule has 10 atom stereocenters. The first-order chi connectivity index (χ1) is 39.8. The molecule has 418 valence electrons. The predicted octanol–water partition coefficient (Wildman–Crippen LogP) is 7.64. The number of carbonyl (C=O) groups is 7. The first-order valence-electron chi connectivity index (χ1n) is 25.9. The van der Waals surface area contributed by atoms with Gasteiger partial charge in [0.25, 0.3) is 0 Å². The molecule has 2 aliphatic heterocycles. The van der Waals surface area contributed by atoms with Crippen LogP contribution in [0.4, 0.5) is 0 Å². The minimum atomic E-state index is -3.64. The Morgan fingerprint density at radius 3 is 1.13 bits per heavy atom. The van der Waals surface area contributed by atoms with E-state index in [1.54, 1.807) is 91.0 Å². The Balaban J connectivity index is 1.26. The Kier molecular flexibility index (Phi) is 18.4. The van der Waals surface area contributed by atoms with Gasteiger partial charge in [0.05, 0.1) is 34.4 Å². The first kappa shape index (κ1) is 57.4. The van der Waals surface area contributed by atoms with E-state index in [4.69, 9.17) is 42.6 Å². The van der Waals surface area contributed by atoms with Gasteiger partial charge in [-0.1, -0.05) is 158 Å². The highest BCUT2D eigenvalue weighted by Crippen LogP contribution is 2.46. The molecule has 2 N–H and O–H groups in total. The largest absolute Gasteiger partial charge is 0.459 e. The average molecular weight is 1110 g/mol. The van der Waals surface area contributed by atoms with Crippen molar-refractivity contribution in [3.8, 4) is 0 Å². The summed E-state index contributed by atoms with van der Waals surface area (Å²) in [6.45, 7) is 1.45. The zero-order chi connectivity index (χ0) is 57.6. The van der Waals surface area contributed by atoms with E-state index in [2.05, 4.69) is 6.58 Å². The Bertz CT molecular complexity index is 3330. The maximum atomic E-state index is 15.8. The van der Waals surface area contributed by atoms with Gasteiger partial charge in [-0.15, -0.1) is 6.58 Å². The van der Waals surface area contributed by atoms with E-state index in [1.807, 2.05) is 0 Å². The number of carbonyl (C=O) groups excluding carboxylic acids is 7. The number of hydrogen-bond acceptors (Lipinski definition) is 18. The number of benzene rings is 7. The monoisotopic (exact) mass is 1110 g/mol. The molecule has 0 bridgehead atoms. The van der Waals surface area contributed by atoms with Crippen LogP contribution in [0.25, 0.3) is 0 Å². The minimum Gasteiger partial charge on any atom is -0.459 e. The SMILES string of the molecule is C=CCOC1O[C@H](COC(=O)c2ccccc2)[C@@H](O[C@@H]2O[C@H](COC(=O)c3ccccc3)[C@@H](OC(=O)c3ccccc3)[C@H](OC(=O)c3ccccc3)[C@H]2OC(=O)c2ccccc2)[C@@](O)(C(=O)c2ccccc2)[C@]1(O)C(=O)c1ccccc1. The fourth-order valence-corrected chi connectivity index (χ4v) is 9.42. The molecule has 7 aromatic carbocycles. The summed E-state index contributed by atoms with van der Waals surface area (Å²) in [5.74, 6) is -7.73. The predicted molar refractivity (Wildman–Crippen MR) is 290 cm³/mol. The number of rotatable bonds is 21. The molecule has 0 radical (unpaired) electrons. The molecule has 2 heterocycles. The Morgan fingerprint density at radius 1 is 0.415 bits per heavy atom. The fourth-order valence-electron chi connectivity index (χ4n) is 9.42. The van der Waals surface area contributed by atoms with Crippen molar-refractivity contribution in [2.24, 2.45) is 0 Å². The normalized spacial score (nSPS) is 23.9. The van der Waals surface area contributed by atoms with Gasteiger partial charge in [-0.25, -0.2) is 24.0 Å². The summed E-state index contributed by atoms with van der Waals surface area (Å²) >= 11 is 0. The molecule has 2 saturated heterocycles. The van der Waals surface area contributed by atoms with Gasteiger partial charge in [0.2, 0.25) is 17.2 Å². The van der Waals surface area contributed by atoms with Crippen molar-refractivity contribution in [3.63, 3.8) is 0 Å². The van der Waals surface area contributed by atoms with Crippen LogP contribution in [0.1, 0.15) is 72.5 Å². The fraction of sp³-hybridized carbons (Fsp3) is 0.203.